The van der Waals surface area contributed by atoms with Crippen molar-refractivity contribution in [3.8, 4) is 0 Å². The molecule has 0 saturated carbocycles. The minimum atomic E-state index is -0.0286. The minimum Gasteiger partial charge on any atom is -0.378 e. The van der Waals surface area contributed by atoms with Gasteiger partial charge in [0, 0.05) is 31.0 Å². The molecule has 1 aliphatic rings. The third-order valence-electron chi connectivity index (χ3n) is 4.11. The molecule has 126 valence electrons. The van der Waals surface area contributed by atoms with E-state index in [9.17, 15) is 4.79 Å². The van der Waals surface area contributed by atoms with E-state index in [-0.39, 0.29) is 11.8 Å². The molecule has 1 fully saturated rings. The monoisotopic (exact) mass is 325 g/mol. The van der Waals surface area contributed by atoms with Gasteiger partial charge in [-0.1, -0.05) is 18.2 Å². The molecular formula is C19H23N3O2. The molecule has 1 saturated heterocycles. The summed E-state index contributed by atoms with van der Waals surface area (Å²) in [5.41, 5.74) is 2.82. The van der Waals surface area contributed by atoms with E-state index < -0.39 is 0 Å². The van der Waals surface area contributed by atoms with Crippen LogP contribution >= 0.6 is 0 Å². The van der Waals surface area contributed by atoms with Gasteiger partial charge in [-0.2, -0.15) is 5.10 Å². The maximum Gasteiger partial charge on any atom is 0.189 e. The number of carbonyl (C=O) groups is 1. The second-order valence-corrected chi connectivity index (χ2v) is 6.19. The van der Waals surface area contributed by atoms with Crippen LogP contribution in [-0.2, 0) is 4.74 Å². The van der Waals surface area contributed by atoms with Crippen molar-refractivity contribution in [2.75, 3.05) is 31.2 Å². The first-order chi connectivity index (χ1) is 11.6. The number of nitrogens with zero attached hydrogens (tertiary/aromatic N) is 3. The van der Waals surface area contributed by atoms with Gasteiger partial charge in [0.15, 0.2) is 5.78 Å². The topological polar surface area (TPSA) is 47.4 Å². The summed E-state index contributed by atoms with van der Waals surface area (Å²) >= 11 is 0. The summed E-state index contributed by atoms with van der Waals surface area (Å²) in [6.45, 7) is 7.47. The van der Waals surface area contributed by atoms with Crippen LogP contribution in [0.3, 0.4) is 0 Å². The van der Waals surface area contributed by atoms with Crippen molar-refractivity contribution in [3.63, 3.8) is 0 Å². The van der Waals surface area contributed by atoms with E-state index in [0.29, 0.717) is 5.56 Å². The number of carbonyl (C=O) groups excluding carboxylic acids is 1. The molecule has 5 heteroatoms. The van der Waals surface area contributed by atoms with E-state index in [4.69, 9.17) is 4.74 Å². The van der Waals surface area contributed by atoms with Crippen molar-refractivity contribution in [1.29, 1.82) is 0 Å². The Balaban J connectivity index is 1.64. The number of rotatable bonds is 5. The van der Waals surface area contributed by atoms with Crippen molar-refractivity contribution < 1.29 is 9.53 Å². The lowest BCUT2D eigenvalue weighted by molar-refractivity contribution is 0.104. The average molecular weight is 325 g/mol. The van der Waals surface area contributed by atoms with Crippen LogP contribution in [0.4, 0.5) is 5.69 Å². The molecule has 2 heterocycles. The zero-order valence-electron chi connectivity index (χ0n) is 14.2. The Kier molecular flexibility index (Phi) is 5.11. The summed E-state index contributed by atoms with van der Waals surface area (Å²) in [5, 5.41) is 4.20. The summed E-state index contributed by atoms with van der Waals surface area (Å²) < 4.78 is 7.16. The van der Waals surface area contributed by atoms with E-state index >= 15 is 0 Å². The molecule has 0 aliphatic carbocycles. The molecule has 1 aromatic carbocycles. The summed E-state index contributed by atoms with van der Waals surface area (Å²) in [6.07, 6.45) is 6.86. The van der Waals surface area contributed by atoms with Crippen LogP contribution in [0.1, 0.15) is 35.8 Å². The quantitative estimate of drug-likeness (QED) is 0.626. The number of aromatic nitrogens is 2. The van der Waals surface area contributed by atoms with Crippen LogP contribution in [0.15, 0.2) is 42.7 Å². The lowest BCUT2D eigenvalue weighted by Gasteiger charge is -2.28. The molecule has 24 heavy (non-hydrogen) atoms. The summed E-state index contributed by atoms with van der Waals surface area (Å²) in [6, 6.07) is 8.50. The number of ether oxygens (including phenoxy) is 1. The smallest absolute Gasteiger partial charge is 0.189 e. The average Bonchev–Trinajstić information content (AvgIpc) is 3.11. The minimum absolute atomic E-state index is 0.0286. The van der Waals surface area contributed by atoms with E-state index in [1.807, 2.05) is 32.1 Å². The third kappa shape index (κ3) is 3.92. The summed E-state index contributed by atoms with van der Waals surface area (Å²) in [5.74, 6) is -0.0286. The van der Waals surface area contributed by atoms with Gasteiger partial charge in [-0.15, -0.1) is 0 Å². The highest BCUT2D eigenvalue weighted by Crippen LogP contribution is 2.17. The molecule has 1 aromatic heterocycles. The van der Waals surface area contributed by atoms with Gasteiger partial charge in [0.25, 0.3) is 0 Å². The normalized spacial score (nSPS) is 15.4. The molecule has 1 aliphatic heterocycles. The largest absolute Gasteiger partial charge is 0.378 e. The molecule has 0 spiro atoms. The highest BCUT2D eigenvalue weighted by Gasteiger charge is 2.10. The Morgan fingerprint density at radius 2 is 1.92 bits per heavy atom. The Morgan fingerprint density at radius 3 is 2.54 bits per heavy atom. The van der Waals surface area contributed by atoms with Gasteiger partial charge >= 0.3 is 0 Å². The maximum absolute atomic E-state index is 12.2. The van der Waals surface area contributed by atoms with E-state index in [1.165, 1.54) is 5.69 Å². The standard InChI is InChI=1S/C19H23N3O2/c1-15(2)22-14-17(13-20-22)19(23)8-5-16-3-6-18(7-4-16)21-9-11-24-12-10-21/h3-8,13-15H,9-12H2,1-2H3. The van der Waals surface area contributed by atoms with Crippen LogP contribution < -0.4 is 4.90 Å². The maximum atomic E-state index is 12.2. The van der Waals surface area contributed by atoms with Gasteiger partial charge in [-0.3, -0.25) is 9.48 Å². The zero-order chi connectivity index (χ0) is 16.9. The molecule has 0 amide bonds. The van der Waals surface area contributed by atoms with Crippen LogP contribution in [0.5, 0.6) is 0 Å². The Labute approximate surface area is 142 Å². The first-order valence-corrected chi connectivity index (χ1v) is 8.33. The van der Waals surface area contributed by atoms with Gasteiger partial charge < -0.3 is 9.64 Å². The number of benzene rings is 1. The molecular weight excluding hydrogens is 302 g/mol. The lowest BCUT2D eigenvalue weighted by Crippen LogP contribution is -2.36. The number of allylic oxidation sites excluding steroid dienone is 1. The lowest BCUT2D eigenvalue weighted by atomic mass is 10.1. The SMILES string of the molecule is CC(C)n1cc(C(=O)C=Cc2ccc(N3CCOCC3)cc2)cn1. The van der Waals surface area contributed by atoms with Crippen molar-refractivity contribution in [3.05, 3.63) is 53.9 Å². The Morgan fingerprint density at radius 1 is 1.21 bits per heavy atom. The van der Waals surface area contributed by atoms with Crippen molar-refractivity contribution in [2.24, 2.45) is 0 Å². The first-order valence-electron chi connectivity index (χ1n) is 8.33. The first kappa shape index (κ1) is 16.5. The van der Waals surface area contributed by atoms with Crippen molar-refractivity contribution in [2.45, 2.75) is 19.9 Å². The van der Waals surface area contributed by atoms with E-state index in [2.05, 4.69) is 22.1 Å². The Hall–Kier alpha value is -2.40. The number of hydrogen-bond donors (Lipinski definition) is 0. The molecule has 0 unspecified atom stereocenters. The number of ketones is 1. The fourth-order valence-electron chi connectivity index (χ4n) is 2.63. The number of hydrogen-bond acceptors (Lipinski definition) is 4. The fraction of sp³-hybridized carbons (Fsp3) is 0.368. The fourth-order valence-corrected chi connectivity index (χ4v) is 2.63. The zero-order valence-corrected chi connectivity index (χ0v) is 14.2. The van der Waals surface area contributed by atoms with E-state index in [1.54, 1.807) is 23.2 Å². The van der Waals surface area contributed by atoms with Crippen molar-refractivity contribution >= 4 is 17.5 Å². The number of morpholine rings is 1. The summed E-state index contributed by atoms with van der Waals surface area (Å²) in [4.78, 5) is 14.5. The highest BCUT2D eigenvalue weighted by molar-refractivity contribution is 6.06. The molecule has 5 nitrogen and oxygen atoms in total. The molecule has 0 N–H and O–H groups in total. The van der Waals surface area contributed by atoms with Crippen LogP contribution in [0.2, 0.25) is 0 Å². The highest BCUT2D eigenvalue weighted by atomic mass is 16.5. The van der Waals surface area contributed by atoms with Gasteiger partial charge in [0.1, 0.15) is 0 Å². The van der Waals surface area contributed by atoms with Crippen LogP contribution in [0.25, 0.3) is 6.08 Å². The number of anilines is 1. The molecule has 0 bridgehead atoms. The second kappa shape index (κ2) is 7.45. The predicted octanol–water partition coefficient (Wildman–Crippen LogP) is 3.20. The molecule has 0 atom stereocenters. The van der Waals surface area contributed by atoms with E-state index in [0.717, 1.165) is 31.9 Å². The molecule has 0 radical (unpaired) electrons. The predicted molar refractivity (Wildman–Crippen MR) is 95.5 cm³/mol. The van der Waals surface area contributed by atoms with Gasteiger partial charge in [-0.05, 0) is 37.6 Å². The van der Waals surface area contributed by atoms with Gasteiger partial charge in [0.05, 0.1) is 25.0 Å². The van der Waals surface area contributed by atoms with Crippen molar-refractivity contribution in [1.82, 2.24) is 9.78 Å². The summed E-state index contributed by atoms with van der Waals surface area (Å²) in [7, 11) is 0. The van der Waals surface area contributed by atoms with Gasteiger partial charge in [0.2, 0.25) is 0 Å². The second-order valence-electron chi connectivity index (χ2n) is 6.19. The molecule has 2 aromatic rings. The molecule has 3 rings (SSSR count). The Bertz CT molecular complexity index is 710. The van der Waals surface area contributed by atoms with Crippen LogP contribution in [0, 0.1) is 0 Å². The third-order valence-corrected chi connectivity index (χ3v) is 4.11. The van der Waals surface area contributed by atoms with Crippen LogP contribution in [-0.4, -0.2) is 41.9 Å². The van der Waals surface area contributed by atoms with Gasteiger partial charge in [-0.25, -0.2) is 0 Å².